The highest BCUT2D eigenvalue weighted by molar-refractivity contribution is 6.26. The van der Waals surface area contributed by atoms with Gasteiger partial charge in [0.1, 0.15) is 0 Å². The third kappa shape index (κ3) is 5.18. The smallest absolute Gasteiger partial charge is 0.258 e. The molecular formula is C25H30Cl2N4O3. The SMILES string of the molecule is Cl.Cl.NCCCC[C@@H](N)C(=O)NCCCn1c2c(c3ccccc3c1=O)C(=O)c1ccccc1-2. The van der Waals surface area contributed by atoms with Gasteiger partial charge in [-0.25, -0.2) is 0 Å². The summed E-state index contributed by atoms with van der Waals surface area (Å²) in [7, 11) is 0. The third-order valence-electron chi connectivity index (χ3n) is 6.00. The van der Waals surface area contributed by atoms with Crippen LogP contribution in [-0.4, -0.2) is 35.4 Å². The third-order valence-corrected chi connectivity index (χ3v) is 6.00. The van der Waals surface area contributed by atoms with Crippen LogP contribution in [0.2, 0.25) is 0 Å². The van der Waals surface area contributed by atoms with E-state index >= 15 is 0 Å². The average molecular weight is 505 g/mol. The lowest BCUT2D eigenvalue weighted by molar-refractivity contribution is -0.122. The van der Waals surface area contributed by atoms with Gasteiger partial charge in [0, 0.05) is 35.0 Å². The maximum atomic E-state index is 13.3. The second kappa shape index (κ2) is 12.1. The van der Waals surface area contributed by atoms with Crippen molar-refractivity contribution >= 4 is 47.3 Å². The molecule has 7 nitrogen and oxygen atoms in total. The molecule has 0 radical (unpaired) electrons. The number of benzene rings is 2. The number of nitrogens with two attached hydrogens (primary N) is 2. The molecule has 0 unspecified atom stereocenters. The molecule has 1 aromatic heterocycles. The van der Waals surface area contributed by atoms with Crippen molar-refractivity contribution in [1.29, 1.82) is 0 Å². The number of fused-ring (bicyclic) bond motifs is 5. The van der Waals surface area contributed by atoms with Gasteiger partial charge in [0.15, 0.2) is 5.78 Å². The molecule has 1 heterocycles. The van der Waals surface area contributed by atoms with Crippen LogP contribution in [0.5, 0.6) is 0 Å². The van der Waals surface area contributed by atoms with E-state index in [0.717, 1.165) is 18.4 Å². The number of nitrogens with zero attached hydrogens (tertiary/aromatic N) is 1. The zero-order valence-electron chi connectivity index (χ0n) is 18.8. The molecule has 9 heteroatoms. The highest BCUT2D eigenvalue weighted by Crippen LogP contribution is 2.39. The Morgan fingerprint density at radius 3 is 2.26 bits per heavy atom. The topological polar surface area (TPSA) is 120 Å². The second-order valence-electron chi connectivity index (χ2n) is 8.14. The van der Waals surface area contributed by atoms with Crippen LogP contribution in [0.1, 0.15) is 41.6 Å². The summed E-state index contributed by atoms with van der Waals surface area (Å²) in [6.45, 7) is 1.37. The summed E-state index contributed by atoms with van der Waals surface area (Å²) < 4.78 is 1.68. The molecule has 0 spiro atoms. The maximum Gasteiger partial charge on any atom is 0.258 e. The summed E-state index contributed by atoms with van der Waals surface area (Å²) in [5, 5.41) is 4.06. The Bertz CT molecular complexity index is 1240. The van der Waals surface area contributed by atoms with Gasteiger partial charge in [-0.2, -0.15) is 0 Å². The standard InChI is InChI=1S/C25H28N4O3.2ClH/c26-13-6-5-12-20(27)24(31)28-14-7-15-29-22-17-9-2-3-10-18(17)23(30)21(22)16-8-1-4-11-19(16)25(29)32;;/h1-4,8-11,20H,5-7,12-15,26-27H2,(H,28,31);2*1H/t20-;;/m1../s1. The fourth-order valence-electron chi connectivity index (χ4n) is 4.36. The zero-order chi connectivity index (χ0) is 22.7. The van der Waals surface area contributed by atoms with Crippen molar-refractivity contribution in [1.82, 2.24) is 9.88 Å². The Morgan fingerprint density at radius 2 is 1.56 bits per heavy atom. The van der Waals surface area contributed by atoms with E-state index in [2.05, 4.69) is 5.32 Å². The monoisotopic (exact) mass is 504 g/mol. The summed E-state index contributed by atoms with van der Waals surface area (Å²) in [6, 6.07) is 14.1. The van der Waals surface area contributed by atoms with Gasteiger partial charge in [0.25, 0.3) is 5.56 Å². The number of carbonyl (C=O) groups is 2. The van der Waals surface area contributed by atoms with Crippen LogP contribution < -0.4 is 22.3 Å². The van der Waals surface area contributed by atoms with E-state index in [4.69, 9.17) is 11.5 Å². The van der Waals surface area contributed by atoms with E-state index in [1.54, 1.807) is 22.8 Å². The molecule has 1 amide bonds. The summed E-state index contributed by atoms with van der Waals surface area (Å²) in [5.74, 6) is -0.254. The normalized spacial score (nSPS) is 12.4. The highest BCUT2D eigenvalue weighted by Gasteiger charge is 2.32. The lowest BCUT2D eigenvalue weighted by Crippen LogP contribution is -2.41. The molecular weight excluding hydrogens is 475 g/mol. The van der Waals surface area contributed by atoms with E-state index in [1.807, 2.05) is 30.3 Å². The van der Waals surface area contributed by atoms with Crippen molar-refractivity contribution in [2.24, 2.45) is 11.5 Å². The van der Waals surface area contributed by atoms with Gasteiger partial charge >= 0.3 is 0 Å². The van der Waals surface area contributed by atoms with E-state index < -0.39 is 6.04 Å². The molecule has 2 aromatic carbocycles. The van der Waals surface area contributed by atoms with Gasteiger partial charge in [0.05, 0.1) is 17.3 Å². The average Bonchev–Trinajstić information content (AvgIpc) is 3.11. The molecule has 0 saturated carbocycles. The number of carbonyl (C=O) groups excluding carboxylic acids is 2. The molecule has 0 bridgehead atoms. The van der Waals surface area contributed by atoms with E-state index in [0.29, 0.717) is 60.1 Å². The number of amides is 1. The fraction of sp³-hybridized carbons (Fsp3) is 0.320. The summed E-state index contributed by atoms with van der Waals surface area (Å²) in [6.07, 6.45) is 2.80. The molecule has 34 heavy (non-hydrogen) atoms. The minimum atomic E-state index is -0.557. The summed E-state index contributed by atoms with van der Waals surface area (Å²) >= 11 is 0. The zero-order valence-corrected chi connectivity index (χ0v) is 20.4. The van der Waals surface area contributed by atoms with Crippen molar-refractivity contribution in [2.45, 2.75) is 38.3 Å². The first kappa shape index (κ1) is 27.5. The molecule has 182 valence electrons. The van der Waals surface area contributed by atoms with Crippen molar-refractivity contribution in [2.75, 3.05) is 13.1 Å². The number of halogens is 2. The van der Waals surface area contributed by atoms with Crippen molar-refractivity contribution < 1.29 is 9.59 Å². The number of nitrogens with one attached hydrogen (secondary N) is 1. The van der Waals surface area contributed by atoms with Crippen LogP contribution in [-0.2, 0) is 11.3 Å². The lowest BCUT2D eigenvalue weighted by atomic mass is 10.0. The van der Waals surface area contributed by atoms with Gasteiger partial charge in [-0.3, -0.25) is 14.4 Å². The minimum absolute atomic E-state index is 0. The highest BCUT2D eigenvalue weighted by atomic mass is 35.5. The Morgan fingerprint density at radius 1 is 0.912 bits per heavy atom. The van der Waals surface area contributed by atoms with Crippen LogP contribution in [0, 0.1) is 0 Å². The van der Waals surface area contributed by atoms with Crippen molar-refractivity contribution in [3.05, 3.63) is 70.0 Å². The number of hydrogen-bond donors (Lipinski definition) is 3. The minimum Gasteiger partial charge on any atom is -0.355 e. The molecule has 0 aliphatic heterocycles. The number of pyridine rings is 1. The molecule has 1 aliphatic carbocycles. The van der Waals surface area contributed by atoms with Crippen molar-refractivity contribution in [3.63, 3.8) is 0 Å². The Labute approximate surface area is 210 Å². The predicted molar refractivity (Wildman–Crippen MR) is 140 cm³/mol. The number of rotatable bonds is 9. The second-order valence-corrected chi connectivity index (χ2v) is 8.14. The van der Waals surface area contributed by atoms with Gasteiger partial charge < -0.3 is 21.4 Å². The van der Waals surface area contributed by atoms with Gasteiger partial charge in [-0.05, 0) is 31.9 Å². The molecule has 5 N–H and O–H groups in total. The molecule has 1 aliphatic rings. The van der Waals surface area contributed by atoms with E-state index in [1.165, 1.54) is 0 Å². The molecule has 1 atom stereocenters. The Hall–Kier alpha value is -2.71. The molecule has 3 aromatic rings. The van der Waals surface area contributed by atoms with Crippen LogP contribution >= 0.6 is 24.8 Å². The summed E-state index contributed by atoms with van der Waals surface area (Å²) in [5.41, 5.74) is 13.9. The summed E-state index contributed by atoms with van der Waals surface area (Å²) in [4.78, 5) is 38.7. The van der Waals surface area contributed by atoms with Crippen LogP contribution in [0.25, 0.3) is 22.0 Å². The van der Waals surface area contributed by atoms with Gasteiger partial charge in [0.2, 0.25) is 5.91 Å². The van der Waals surface area contributed by atoms with Gasteiger partial charge in [-0.15, -0.1) is 24.8 Å². The largest absolute Gasteiger partial charge is 0.355 e. The Kier molecular flexibility index (Phi) is 9.82. The lowest BCUT2D eigenvalue weighted by Gasteiger charge is -2.16. The fourth-order valence-corrected chi connectivity index (χ4v) is 4.36. The number of hydrogen-bond acceptors (Lipinski definition) is 5. The van der Waals surface area contributed by atoms with Crippen LogP contribution in [0.4, 0.5) is 0 Å². The number of ketones is 1. The van der Waals surface area contributed by atoms with E-state index in [-0.39, 0.29) is 42.1 Å². The first-order valence-corrected chi connectivity index (χ1v) is 11.1. The predicted octanol–water partition coefficient (Wildman–Crippen LogP) is 3.02. The quantitative estimate of drug-likeness (QED) is 0.302. The number of aromatic nitrogens is 1. The molecule has 0 fully saturated rings. The first-order valence-electron chi connectivity index (χ1n) is 11.1. The van der Waals surface area contributed by atoms with Gasteiger partial charge in [-0.1, -0.05) is 48.9 Å². The Balaban J connectivity index is 0.00000204. The molecule has 4 rings (SSSR count). The number of unbranched alkanes of at least 4 members (excludes halogenated alkanes) is 1. The first-order chi connectivity index (χ1) is 15.5. The molecule has 0 saturated heterocycles. The van der Waals surface area contributed by atoms with Crippen molar-refractivity contribution in [3.8, 4) is 11.3 Å². The van der Waals surface area contributed by atoms with Crippen LogP contribution in [0.15, 0.2) is 53.3 Å². The van der Waals surface area contributed by atoms with E-state index in [9.17, 15) is 14.4 Å². The van der Waals surface area contributed by atoms with Crippen LogP contribution in [0.3, 0.4) is 0 Å². The maximum absolute atomic E-state index is 13.3.